The van der Waals surface area contributed by atoms with Gasteiger partial charge < -0.3 is 15.7 Å². The van der Waals surface area contributed by atoms with Gasteiger partial charge in [-0.25, -0.2) is 0 Å². The molecule has 0 heterocycles. The number of anilines is 2. The van der Waals surface area contributed by atoms with Gasteiger partial charge in [0.1, 0.15) is 5.75 Å². The molecule has 0 amide bonds. The Kier molecular flexibility index (Phi) is 3.95. The number of phenols is 1. The van der Waals surface area contributed by atoms with Crippen molar-refractivity contribution in [2.24, 2.45) is 0 Å². The Balaban J connectivity index is 2.44. The van der Waals surface area contributed by atoms with Gasteiger partial charge in [0.2, 0.25) is 0 Å². The zero-order chi connectivity index (χ0) is 13.8. The first-order valence-corrected chi connectivity index (χ1v) is 6.59. The highest BCUT2D eigenvalue weighted by atomic mass is 16.3. The van der Waals surface area contributed by atoms with E-state index in [4.69, 9.17) is 5.73 Å². The van der Waals surface area contributed by atoms with Crippen LogP contribution in [0.5, 0.6) is 5.75 Å². The van der Waals surface area contributed by atoms with Gasteiger partial charge in [0.05, 0.1) is 0 Å². The monoisotopic (exact) mass is 256 g/mol. The Morgan fingerprint density at radius 2 is 1.63 bits per heavy atom. The van der Waals surface area contributed by atoms with Crippen molar-refractivity contribution in [3.63, 3.8) is 0 Å². The molecular weight excluding hydrogens is 236 g/mol. The molecule has 0 unspecified atom stereocenters. The molecule has 100 valence electrons. The minimum absolute atomic E-state index is 0.266. The second-order valence-electron chi connectivity index (χ2n) is 4.49. The molecule has 3 nitrogen and oxygen atoms in total. The van der Waals surface area contributed by atoms with Crippen molar-refractivity contribution in [2.75, 3.05) is 23.7 Å². The molecule has 0 aliphatic carbocycles. The Hall–Kier alpha value is -2.16. The maximum atomic E-state index is 9.35. The summed E-state index contributed by atoms with van der Waals surface area (Å²) in [4.78, 5) is 2.28. The molecule has 0 atom stereocenters. The standard InChI is InChI=1S/C16H20N2O/c1-3-18(4-2)13-7-10-16(17)15(11-13)12-5-8-14(19)9-6-12/h5-11,19H,3-4,17H2,1-2H3. The van der Waals surface area contributed by atoms with E-state index < -0.39 is 0 Å². The van der Waals surface area contributed by atoms with E-state index in [1.165, 1.54) is 5.69 Å². The van der Waals surface area contributed by atoms with Crippen molar-refractivity contribution in [3.8, 4) is 16.9 Å². The lowest BCUT2D eigenvalue weighted by molar-refractivity contribution is 0.475. The zero-order valence-corrected chi connectivity index (χ0v) is 11.4. The van der Waals surface area contributed by atoms with E-state index in [1.807, 2.05) is 24.3 Å². The molecule has 0 aromatic heterocycles. The predicted octanol–water partition coefficient (Wildman–Crippen LogP) is 3.49. The lowest BCUT2D eigenvalue weighted by Crippen LogP contribution is -2.21. The van der Waals surface area contributed by atoms with Crippen LogP contribution in [0.25, 0.3) is 11.1 Å². The quantitative estimate of drug-likeness (QED) is 0.823. The molecule has 19 heavy (non-hydrogen) atoms. The molecule has 0 bridgehead atoms. The van der Waals surface area contributed by atoms with E-state index in [2.05, 4.69) is 24.8 Å². The van der Waals surface area contributed by atoms with Gasteiger partial charge in [-0.3, -0.25) is 0 Å². The van der Waals surface area contributed by atoms with Gasteiger partial charge in [-0.05, 0) is 49.7 Å². The summed E-state index contributed by atoms with van der Waals surface area (Å²) in [5.41, 5.74) is 10.0. The minimum atomic E-state index is 0.266. The average Bonchev–Trinajstić information content (AvgIpc) is 2.43. The first kappa shape index (κ1) is 13.3. The fraction of sp³-hybridized carbons (Fsp3) is 0.250. The molecule has 3 heteroatoms. The van der Waals surface area contributed by atoms with Crippen molar-refractivity contribution in [3.05, 3.63) is 42.5 Å². The summed E-state index contributed by atoms with van der Waals surface area (Å²) in [7, 11) is 0. The minimum Gasteiger partial charge on any atom is -0.508 e. The van der Waals surface area contributed by atoms with E-state index in [1.54, 1.807) is 12.1 Å². The fourth-order valence-electron chi connectivity index (χ4n) is 2.22. The highest BCUT2D eigenvalue weighted by molar-refractivity contribution is 5.80. The van der Waals surface area contributed by atoms with Crippen LogP contribution in [0.4, 0.5) is 11.4 Å². The van der Waals surface area contributed by atoms with Gasteiger partial charge in [0, 0.05) is 30.0 Å². The van der Waals surface area contributed by atoms with Gasteiger partial charge >= 0.3 is 0 Å². The van der Waals surface area contributed by atoms with Crippen LogP contribution in [0, 0.1) is 0 Å². The first-order chi connectivity index (χ1) is 9.15. The summed E-state index contributed by atoms with van der Waals surface area (Å²) < 4.78 is 0. The van der Waals surface area contributed by atoms with Crippen LogP contribution >= 0.6 is 0 Å². The Morgan fingerprint density at radius 3 is 2.21 bits per heavy atom. The molecule has 2 aromatic carbocycles. The number of nitrogens with two attached hydrogens (primary N) is 1. The fourth-order valence-corrected chi connectivity index (χ4v) is 2.22. The maximum absolute atomic E-state index is 9.35. The van der Waals surface area contributed by atoms with Gasteiger partial charge in [-0.2, -0.15) is 0 Å². The predicted molar refractivity (Wildman–Crippen MR) is 81.5 cm³/mol. The van der Waals surface area contributed by atoms with E-state index in [0.29, 0.717) is 0 Å². The van der Waals surface area contributed by atoms with Crippen LogP contribution in [0.1, 0.15) is 13.8 Å². The SMILES string of the molecule is CCN(CC)c1ccc(N)c(-c2ccc(O)cc2)c1. The number of phenolic OH excluding ortho intramolecular Hbond substituents is 1. The Morgan fingerprint density at radius 1 is 1.00 bits per heavy atom. The van der Waals surface area contributed by atoms with Crippen molar-refractivity contribution >= 4 is 11.4 Å². The van der Waals surface area contributed by atoms with Crippen molar-refractivity contribution in [1.82, 2.24) is 0 Å². The highest BCUT2D eigenvalue weighted by Gasteiger charge is 2.07. The number of rotatable bonds is 4. The van der Waals surface area contributed by atoms with Crippen LogP contribution in [-0.4, -0.2) is 18.2 Å². The summed E-state index contributed by atoms with van der Waals surface area (Å²) in [6.45, 7) is 6.21. The van der Waals surface area contributed by atoms with Crippen LogP contribution in [0.2, 0.25) is 0 Å². The highest BCUT2D eigenvalue weighted by Crippen LogP contribution is 2.31. The molecule has 0 saturated heterocycles. The van der Waals surface area contributed by atoms with Gasteiger partial charge in [0.25, 0.3) is 0 Å². The molecule has 2 aromatic rings. The smallest absolute Gasteiger partial charge is 0.115 e. The van der Waals surface area contributed by atoms with Crippen LogP contribution in [-0.2, 0) is 0 Å². The van der Waals surface area contributed by atoms with E-state index in [9.17, 15) is 5.11 Å². The molecular formula is C16H20N2O. The van der Waals surface area contributed by atoms with Crippen molar-refractivity contribution < 1.29 is 5.11 Å². The van der Waals surface area contributed by atoms with Crippen LogP contribution in [0.15, 0.2) is 42.5 Å². The molecule has 0 aliphatic heterocycles. The topological polar surface area (TPSA) is 49.5 Å². The first-order valence-electron chi connectivity index (χ1n) is 6.59. The molecule has 0 fully saturated rings. The lowest BCUT2D eigenvalue weighted by Gasteiger charge is -2.22. The third-order valence-corrected chi connectivity index (χ3v) is 3.34. The number of hydrogen-bond acceptors (Lipinski definition) is 3. The normalized spacial score (nSPS) is 10.4. The largest absolute Gasteiger partial charge is 0.508 e. The van der Waals surface area contributed by atoms with Crippen molar-refractivity contribution in [2.45, 2.75) is 13.8 Å². The summed E-state index contributed by atoms with van der Waals surface area (Å²) in [6.07, 6.45) is 0. The Bertz CT molecular complexity index is 545. The second kappa shape index (κ2) is 5.65. The third-order valence-electron chi connectivity index (χ3n) is 3.34. The van der Waals surface area contributed by atoms with Crippen LogP contribution in [0.3, 0.4) is 0 Å². The molecule has 2 rings (SSSR count). The zero-order valence-electron chi connectivity index (χ0n) is 11.4. The average molecular weight is 256 g/mol. The molecule has 3 N–H and O–H groups in total. The Labute approximate surface area is 114 Å². The third kappa shape index (κ3) is 2.81. The number of hydrogen-bond donors (Lipinski definition) is 2. The van der Waals surface area contributed by atoms with E-state index in [0.717, 1.165) is 29.9 Å². The van der Waals surface area contributed by atoms with E-state index >= 15 is 0 Å². The number of benzene rings is 2. The second-order valence-corrected chi connectivity index (χ2v) is 4.49. The van der Waals surface area contributed by atoms with Crippen LogP contribution < -0.4 is 10.6 Å². The molecule has 0 aliphatic rings. The summed E-state index contributed by atoms with van der Waals surface area (Å²) in [5, 5.41) is 9.35. The number of aromatic hydroxyl groups is 1. The summed E-state index contributed by atoms with van der Waals surface area (Å²) in [5.74, 6) is 0.266. The van der Waals surface area contributed by atoms with E-state index in [-0.39, 0.29) is 5.75 Å². The maximum Gasteiger partial charge on any atom is 0.115 e. The molecule has 0 radical (unpaired) electrons. The summed E-state index contributed by atoms with van der Waals surface area (Å²) >= 11 is 0. The van der Waals surface area contributed by atoms with Gasteiger partial charge in [-0.15, -0.1) is 0 Å². The lowest BCUT2D eigenvalue weighted by atomic mass is 10.0. The number of nitrogen functional groups attached to an aromatic ring is 1. The van der Waals surface area contributed by atoms with Gasteiger partial charge in [-0.1, -0.05) is 12.1 Å². The summed E-state index contributed by atoms with van der Waals surface area (Å²) in [6, 6.07) is 13.2. The van der Waals surface area contributed by atoms with Gasteiger partial charge in [0.15, 0.2) is 0 Å². The van der Waals surface area contributed by atoms with Crippen molar-refractivity contribution in [1.29, 1.82) is 0 Å². The number of nitrogens with zero attached hydrogens (tertiary/aromatic N) is 1. The molecule has 0 spiro atoms. The molecule has 0 saturated carbocycles.